The third kappa shape index (κ3) is 3.20. The van der Waals surface area contributed by atoms with Crippen molar-refractivity contribution in [3.05, 3.63) is 60.2 Å². The molecule has 0 saturated carbocycles. The van der Waals surface area contributed by atoms with E-state index in [1.165, 1.54) is 5.56 Å². The quantitative estimate of drug-likeness (QED) is 0.911. The molecule has 0 fully saturated rings. The van der Waals surface area contributed by atoms with Crippen LogP contribution in [0.1, 0.15) is 25.8 Å². The summed E-state index contributed by atoms with van der Waals surface area (Å²) in [5.41, 5.74) is 3.15. The Balaban J connectivity index is 0.000000847. The van der Waals surface area contributed by atoms with Crippen LogP contribution in [0.2, 0.25) is 0 Å². The zero-order valence-corrected chi connectivity index (χ0v) is 13.5. The topological polar surface area (TPSA) is 32.3 Å². The summed E-state index contributed by atoms with van der Waals surface area (Å²) in [7, 11) is 1.85. The van der Waals surface area contributed by atoms with E-state index in [1.807, 2.05) is 74.3 Å². The molecule has 0 saturated heterocycles. The maximum Gasteiger partial charge on any atom is 0.248 e. The van der Waals surface area contributed by atoms with Crippen LogP contribution in [0.4, 0.5) is 11.4 Å². The van der Waals surface area contributed by atoms with E-state index in [1.54, 1.807) is 0 Å². The number of carbonyl (C=O) groups is 1. The van der Waals surface area contributed by atoms with E-state index in [4.69, 9.17) is 0 Å². The van der Waals surface area contributed by atoms with E-state index in [9.17, 15) is 4.79 Å². The highest BCUT2D eigenvalue weighted by molar-refractivity contribution is 6.04. The number of amides is 1. The second-order valence-electron chi connectivity index (χ2n) is 5.02. The number of benzene rings is 2. The van der Waals surface area contributed by atoms with Crippen molar-refractivity contribution in [2.45, 2.75) is 32.7 Å². The molecule has 1 unspecified atom stereocenters. The molecule has 2 aromatic carbocycles. The van der Waals surface area contributed by atoms with Gasteiger partial charge in [0.15, 0.2) is 0 Å². The van der Waals surface area contributed by atoms with Crippen molar-refractivity contribution in [3.8, 4) is 0 Å². The second kappa shape index (κ2) is 7.76. The first-order valence-corrected chi connectivity index (χ1v) is 7.95. The van der Waals surface area contributed by atoms with Gasteiger partial charge in [-0.2, -0.15) is 0 Å². The number of aryl methyl sites for hydroxylation is 1. The van der Waals surface area contributed by atoms with Crippen LogP contribution in [-0.4, -0.2) is 19.0 Å². The number of nitrogens with zero attached hydrogens (tertiary/aromatic N) is 1. The molecule has 3 rings (SSSR count). The molecule has 1 N–H and O–H groups in total. The SMILES string of the molecule is CC.CNC1CCc2ccccc2N(c2ccccc2)C1=O. The molecule has 0 radical (unpaired) electrons. The summed E-state index contributed by atoms with van der Waals surface area (Å²) in [5.74, 6) is 0.114. The number of para-hydroxylation sites is 2. The average Bonchev–Trinajstić information content (AvgIpc) is 2.73. The number of carbonyl (C=O) groups excluding carboxylic acids is 1. The smallest absolute Gasteiger partial charge is 0.248 e. The zero-order valence-electron chi connectivity index (χ0n) is 13.5. The van der Waals surface area contributed by atoms with Gasteiger partial charge in [-0.15, -0.1) is 0 Å². The Labute approximate surface area is 133 Å². The van der Waals surface area contributed by atoms with Crippen molar-refractivity contribution in [1.29, 1.82) is 0 Å². The molecule has 3 nitrogen and oxygen atoms in total. The van der Waals surface area contributed by atoms with Crippen LogP contribution in [0, 0.1) is 0 Å². The van der Waals surface area contributed by atoms with Crippen molar-refractivity contribution >= 4 is 17.3 Å². The van der Waals surface area contributed by atoms with Gasteiger partial charge in [-0.1, -0.05) is 50.2 Å². The third-order valence-electron chi connectivity index (χ3n) is 3.82. The first-order valence-electron chi connectivity index (χ1n) is 7.95. The van der Waals surface area contributed by atoms with Gasteiger partial charge in [0.1, 0.15) is 0 Å². The van der Waals surface area contributed by atoms with E-state index in [0.29, 0.717) is 0 Å². The van der Waals surface area contributed by atoms with E-state index >= 15 is 0 Å². The van der Waals surface area contributed by atoms with Crippen LogP contribution in [0.25, 0.3) is 0 Å². The summed E-state index contributed by atoms with van der Waals surface area (Å²) in [6, 6.07) is 17.9. The van der Waals surface area contributed by atoms with Gasteiger partial charge in [-0.3, -0.25) is 9.69 Å². The van der Waals surface area contributed by atoms with E-state index < -0.39 is 0 Å². The molecule has 2 aromatic rings. The number of fused-ring (bicyclic) bond motifs is 1. The Morgan fingerprint density at radius 1 is 1.00 bits per heavy atom. The summed E-state index contributed by atoms with van der Waals surface area (Å²) in [5, 5.41) is 3.14. The standard InChI is InChI=1S/C17H18N2O.C2H6/c1-18-15-12-11-13-7-5-6-10-16(13)19(17(15)20)14-8-3-2-4-9-14;1-2/h2-10,15,18H,11-12H2,1H3;1-2H3. The van der Waals surface area contributed by atoms with Crippen LogP contribution < -0.4 is 10.2 Å². The predicted octanol–water partition coefficient (Wildman–Crippen LogP) is 3.91. The number of hydrogen-bond acceptors (Lipinski definition) is 2. The summed E-state index contributed by atoms with van der Waals surface area (Å²) in [6.07, 6.45) is 1.74. The van der Waals surface area contributed by atoms with Crippen molar-refractivity contribution in [1.82, 2.24) is 5.32 Å². The highest BCUT2D eigenvalue weighted by Gasteiger charge is 2.29. The van der Waals surface area contributed by atoms with Gasteiger partial charge in [0.05, 0.1) is 11.7 Å². The molecule has 1 heterocycles. The van der Waals surface area contributed by atoms with Crippen LogP contribution in [0.3, 0.4) is 0 Å². The monoisotopic (exact) mass is 296 g/mol. The molecular weight excluding hydrogens is 272 g/mol. The molecule has 0 spiro atoms. The Bertz CT molecular complexity index is 610. The molecule has 116 valence electrons. The third-order valence-corrected chi connectivity index (χ3v) is 3.82. The molecule has 3 heteroatoms. The molecule has 1 aliphatic rings. The number of anilines is 2. The fourth-order valence-electron chi connectivity index (χ4n) is 2.75. The van der Waals surface area contributed by atoms with Gasteiger partial charge in [-0.25, -0.2) is 0 Å². The largest absolute Gasteiger partial charge is 0.309 e. The van der Waals surface area contributed by atoms with Crippen molar-refractivity contribution < 1.29 is 4.79 Å². The second-order valence-corrected chi connectivity index (χ2v) is 5.02. The lowest BCUT2D eigenvalue weighted by Gasteiger charge is -2.25. The Morgan fingerprint density at radius 2 is 1.64 bits per heavy atom. The van der Waals surface area contributed by atoms with Gasteiger partial charge in [-0.05, 0) is 43.7 Å². The van der Waals surface area contributed by atoms with E-state index in [-0.39, 0.29) is 11.9 Å². The Kier molecular flexibility index (Phi) is 5.73. The molecule has 1 atom stereocenters. The van der Waals surface area contributed by atoms with Crippen LogP contribution in [-0.2, 0) is 11.2 Å². The van der Waals surface area contributed by atoms with Crippen molar-refractivity contribution in [2.24, 2.45) is 0 Å². The van der Waals surface area contributed by atoms with E-state index in [2.05, 4.69) is 11.4 Å². The van der Waals surface area contributed by atoms with Crippen molar-refractivity contribution in [2.75, 3.05) is 11.9 Å². The summed E-state index contributed by atoms with van der Waals surface area (Å²) in [4.78, 5) is 14.6. The predicted molar refractivity (Wildman–Crippen MR) is 92.5 cm³/mol. The van der Waals surface area contributed by atoms with Crippen LogP contribution in [0.5, 0.6) is 0 Å². The number of hydrogen-bond donors (Lipinski definition) is 1. The first-order chi connectivity index (χ1) is 10.8. The number of likely N-dealkylation sites (N-methyl/N-ethyl adjacent to an activating group) is 1. The van der Waals surface area contributed by atoms with Gasteiger partial charge in [0, 0.05) is 5.69 Å². The Morgan fingerprint density at radius 3 is 2.32 bits per heavy atom. The van der Waals surface area contributed by atoms with Gasteiger partial charge in [0.2, 0.25) is 5.91 Å². The highest BCUT2D eigenvalue weighted by atomic mass is 16.2. The fourth-order valence-corrected chi connectivity index (χ4v) is 2.75. The molecule has 22 heavy (non-hydrogen) atoms. The molecule has 0 aromatic heterocycles. The van der Waals surface area contributed by atoms with Crippen LogP contribution in [0.15, 0.2) is 54.6 Å². The Hall–Kier alpha value is -2.13. The lowest BCUT2D eigenvalue weighted by molar-refractivity contribution is -0.119. The van der Waals surface area contributed by atoms with E-state index in [0.717, 1.165) is 24.2 Å². The summed E-state index contributed by atoms with van der Waals surface area (Å²) < 4.78 is 0. The lowest BCUT2D eigenvalue weighted by atomic mass is 10.1. The summed E-state index contributed by atoms with van der Waals surface area (Å²) >= 11 is 0. The summed E-state index contributed by atoms with van der Waals surface area (Å²) in [6.45, 7) is 4.00. The minimum absolute atomic E-state index is 0.114. The first kappa shape index (κ1) is 16.2. The molecule has 1 aliphatic heterocycles. The normalized spacial score (nSPS) is 17.1. The fraction of sp³-hybridized carbons (Fsp3) is 0.316. The van der Waals surface area contributed by atoms with Gasteiger partial charge < -0.3 is 5.32 Å². The molecule has 0 aliphatic carbocycles. The molecule has 1 amide bonds. The van der Waals surface area contributed by atoms with Crippen molar-refractivity contribution in [3.63, 3.8) is 0 Å². The number of nitrogens with one attached hydrogen (secondary N) is 1. The maximum absolute atomic E-state index is 12.8. The molecular formula is C19H24N2O. The minimum atomic E-state index is -0.136. The van der Waals surface area contributed by atoms with Gasteiger partial charge >= 0.3 is 0 Å². The lowest BCUT2D eigenvalue weighted by Crippen LogP contribution is -2.42. The minimum Gasteiger partial charge on any atom is -0.309 e. The zero-order chi connectivity index (χ0) is 15.9. The highest BCUT2D eigenvalue weighted by Crippen LogP contribution is 2.33. The van der Waals surface area contributed by atoms with Gasteiger partial charge in [0.25, 0.3) is 0 Å². The number of rotatable bonds is 2. The average molecular weight is 296 g/mol. The molecule has 0 bridgehead atoms. The maximum atomic E-state index is 12.8. The van der Waals surface area contributed by atoms with Crippen LogP contribution >= 0.6 is 0 Å².